The number of para-hydroxylation sites is 1. The van der Waals surface area contributed by atoms with Crippen LogP contribution in [-0.2, 0) is 9.53 Å². The number of nitrogens with one attached hydrogen (secondary N) is 1. The molecule has 1 aromatic carbocycles. The molecule has 0 bridgehead atoms. The number of amides is 1. The second-order valence-electron chi connectivity index (χ2n) is 4.29. The predicted molar refractivity (Wildman–Crippen MR) is 79.5 cm³/mol. The number of carbonyl (C=O) groups is 1. The summed E-state index contributed by atoms with van der Waals surface area (Å²) < 4.78 is 6.52. The minimum Gasteiger partial charge on any atom is -0.383 e. The molecule has 0 aliphatic heterocycles. The topological polar surface area (TPSA) is 81.9 Å². The average Bonchev–Trinajstić information content (AvgIpc) is 2.94. The Morgan fingerprint density at radius 1 is 1.43 bits per heavy atom. The Balaban J connectivity index is 1.98. The Morgan fingerprint density at radius 2 is 2.24 bits per heavy atom. The van der Waals surface area contributed by atoms with E-state index >= 15 is 0 Å². The molecular formula is C13H17N5O2S. The summed E-state index contributed by atoms with van der Waals surface area (Å²) in [6, 6.07) is 7.81. The largest absolute Gasteiger partial charge is 0.383 e. The Labute approximate surface area is 127 Å². The van der Waals surface area contributed by atoms with Crippen molar-refractivity contribution in [1.29, 1.82) is 0 Å². The van der Waals surface area contributed by atoms with Crippen LogP contribution in [-0.4, -0.2) is 52.1 Å². The molecule has 0 saturated heterocycles. The number of thioether (sulfide) groups is 1. The molecule has 0 fully saturated rings. The van der Waals surface area contributed by atoms with Gasteiger partial charge in [0.15, 0.2) is 0 Å². The molecule has 2 aromatic rings. The molecule has 112 valence electrons. The lowest BCUT2D eigenvalue weighted by molar-refractivity contribution is -0.118. The van der Waals surface area contributed by atoms with E-state index in [1.807, 2.05) is 31.2 Å². The summed E-state index contributed by atoms with van der Waals surface area (Å²) in [5, 5.41) is 15.0. The molecule has 0 atom stereocenters. The fraction of sp³-hybridized carbons (Fsp3) is 0.385. The molecule has 0 saturated carbocycles. The van der Waals surface area contributed by atoms with Crippen molar-refractivity contribution in [3.05, 3.63) is 29.8 Å². The maximum Gasteiger partial charge on any atom is 0.230 e. The standard InChI is InChI=1S/C13H17N5O2S/c1-10-5-3-4-6-11(10)18-13(15-16-17-18)21-9-12(19)14-7-8-20-2/h3-6H,7-9H2,1-2H3,(H,14,19). The fourth-order valence-corrected chi connectivity index (χ4v) is 2.41. The second kappa shape index (κ2) is 7.75. The van der Waals surface area contributed by atoms with Gasteiger partial charge in [-0.3, -0.25) is 4.79 Å². The lowest BCUT2D eigenvalue weighted by atomic mass is 10.2. The smallest absolute Gasteiger partial charge is 0.230 e. The number of hydrogen-bond donors (Lipinski definition) is 1. The van der Waals surface area contributed by atoms with Crippen molar-refractivity contribution in [2.24, 2.45) is 0 Å². The quantitative estimate of drug-likeness (QED) is 0.602. The van der Waals surface area contributed by atoms with Gasteiger partial charge in [-0.05, 0) is 29.0 Å². The molecule has 1 aromatic heterocycles. The van der Waals surface area contributed by atoms with E-state index in [1.165, 1.54) is 11.8 Å². The van der Waals surface area contributed by atoms with Gasteiger partial charge in [-0.2, -0.15) is 4.68 Å². The normalized spacial score (nSPS) is 10.6. The number of carbonyl (C=O) groups excluding carboxylic acids is 1. The Hall–Kier alpha value is -1.93. The fourth-order valence-electron chi connectivity index (χ4n) is 1.69. The third kappa shape index (κ3) is 4.27. The molecular weight excluding hydrogens is 290 g/mol. The van der Waals surface area contributed by atoms with Crippen LogP contribution < -0.4 is 5.32 Å². The Bertz CT molecular complexity index is 602. The summed E-state index contributed by atoms with van der Waals surface area (Å²) in [5.74, 6) is 0.187. The molecule has 2 rings (SSSR count). The number of aromatic nitrogens is 4. The third-order valence-corrected chi connectivity index (χ3v) is 3.66. The molecule has 8 heteroatoms. The highest BCUT2D eigenvalue weighted by Gasteiger charge is 2.12. The van der Waals surface area contributed by atoms with Gasteiger partial charge in [0.2, 0.25) is 11.1 Å². The van der Waals surface area contributed by atoms with Crippen LogP contribution >= 0.6 is 11.8 Å². The van der Waals surface area contributed by atoms with Gasteiger partial charge in [0.1, 0.15) is 0 Å². The van der Waals surface area contributed by atoms with Gasteiger partial charge in [0.25, 0.3) is 0 Å². The second-order valence-corrected chi connectivity index (χ2v) is 5.23. The van der Waals surface area contributed by atoms with Gasteiger partial charge in [0.05, 0.1) is 18.0 Å². The zero-order valence-electron chi connectivity index (χ0n) is 11.9. The van der Waals surface area contributed by atoms with E-state index in [0.29, 0.717) is 18.3 Å². The first-order chi connectivity index (χ1) is 10.2. The first-order valence-electron chi connectivity index (χ1n) is 6.45. The number of methoxy groups -OCH3 is 1. The van der Waals surface area contributed by atoms with Gasteiger partial charge in [-0.1, -0.05) is 30.0 Å². The SMILES string of the molecule is COCCNC(=O)CSc1nnnn1-c1ccccc1C. The highest BCUT2D eigenvalue weighted by Crippen LogP contribution is 2.19. The summed E-state index contributed by atoms with van der Waals surface area (Å²) in [6.45, 7) is 2.99. The summed E-state index contributed by atoms with van der Waals surface area (Å²) in [6.07, 6.45) is 0. The van der Waals surface area contributed by atoms with Crippen molar-refractivity contribution in [1.82, 2.24) is 25.5 Å². The molecule has 0 radical (unpaired) electrons. The maximum absolute atomic E-state index is 11.7. The molecule has 7 nitrogen and oxygen atoms in total. The van der Waals surface area contributed by atoms with Crippen molar-refractivity contribution in [3.63, 3.8) is 0 Å². The molecule has 21 heavy (non-hydrogen) atoms. The Morgan fingerprint density at radius 3 is 3.00 bits per heavy atom. The highest BCUT2D eigenvalue weighted by molar-refractivity contribution is 7.99. The van der Waals surface area contributed by atoms with Crippen LogP contribution in [0.1, 0.15) is 5.56 Å². The minimum absolute atomic E-state index is 0.0728. The molecule has 1 heterocycles. The Kier molecular flexibility index (Phi) is 5.70. The van der Waals surface area contributed by atoms with Crippen LogP contribution in [0.15, 0.2) is 29.4 Å². The van der Waals surface area contributed by atoms with Crippen LogP contribution in [0.2, 0.25) is 0 Å². The van der Waals surface area contributed by atoms with Crippen LogP contribution in [0.4, 0.5) is 0 Å². The number of ether oxygens (including phenoxy) is 1. The van der Waals surface area contributed by atoms with E-state index in [1.54, 1.807) is 11.8 Å². The first kappa shape index (κ1) is 15.5. The summed E-state index contributed by atoms with van der Waals surface area (Å²) in [4.78, 5) is 11.7. The van der Waals surface area contributed by atoms with Crippen LogP contribution in [0, 0.1) is 6.92 Å². The van der Waals surface area contributed by atoms with Crippen molar-refractivity contribution < 1.29 is 9.53 Å². The van der Waals surface area contributed by atoms with E-state index in [2.05, 4.69) is 20.8 Å². The van der Waals surface area contributed by atoms with E-state index in [0.717, 1.165) is 11.3 Å². The van der Waals surface area contributed by atoms with Crippen LogP contribution in [0.3, 0.4) is 0 Å². The molecule has 0 unspecified atom stereocenters. The van der Waals surface area contributed by atoms with E-state index < -0.39 is 0 Å². The number of benzene rings is 1. The highest BCUT2D eigenvalue weighted by atomic mass is 32.2. The van der Waals surface area contributed by atoms with Gasteiger partial charge < -0.3 is 10.1 Å². The van der Waals surface area contributed by atoms with Crippen molar-refractivity contribution in [2.45, 2.75) is 12.1 Å². The van der Waals surface area contributed by atoms with E-state index in [9.17, 15) is 4.79 Å². The molecule has 1 amide bonds. The minimum atomic E-state index is -0.0728. The lowest BCUT2D eigenvalue weighted by Gasteiger charge is -2.07. The summed E-state index contributed by atoms with van der Waals surface area (Å²) in [5.41, 5.74) is 1.97. The zero-order valence-corrected chi connectivity index (χ0v) is 12.8. The van der Waals surface area contributed by atoms with Gasteiger partial charge in [-0.15, -0.1) is 5.10 Å². The molecule has 0 aliphatic rings. The zero-order chi connectivity index (χ0) is 15.1. The lowest BCUT2D eigenvalue weighted by Crippen LogP contribution is -2.28. The number of rotatable bonds is 7. The number of hydrogen-bond acceptors (Lipinski definition) is 6. The number of aryl methyl sites for hydroxylation is 1. The average molecular weight is 307 g/mol. The van der Waals surface area contributed by atoms with Crippen molar-refractivity contribution in [2.75, 3.05) is 26.0 Å². The summed E-state index contributed by atoms with van der Waals surface area (Å²) in [7, 11) is 1.59. The van der Waals surface area contributed by atoms with Crippen molar-refractivity contribution in [3.8, 4) is 5.69 Å². The monoisotopic (exact) mass is 307 g/mol. The maximum atomic E-state index is 11.7. The van der Waals surface area contributed by atoms with Crippen molar-refractivity contribution >= 4 is 17.7 Å². The predicted octanol–water partition coefficient (Wildman–Crippen LogP) is 0.825. The third-order valence-electron chi connectivity index (χ3n) is 2.75. The number of tetrazole rings is 1. The molecule has 0 spiro atoms. The first-order valence-corrected chi connectivity index (χ1v) is 7.43. The van der Waals surface area contributed by atoms with Gasteiger partial charge in [-0.25, -0.2) is 0 Å². The van der Waals surface area contributed by atoms with Crippen LogP contribution in [0.25, 0.3) is 5.69 Å². The molecule has 0 aliphatic carbocycles. The van der Waals surface area contributed by atoms with Gasteiger partial charge in [0, 0.05) is 13.7 Å². The van der Waals surface area contributed by atoms with Gasteiger partial charge >= 0.3 is 0 Å². The van der Waals surface area contributed by atoms with E-state index in [4.69, 9.17) is 4.74 Å². The number of nitrogens with zero attached hydrogens (tertiary/aromatic N) is 4. The molecule has 1 N–H and O–H groups in total. The van der Waals surface area contributed by atoms with Crippen LogP contribution in [0.5, 0.6) is 0 Å². The van der Waals surface area contributed by atoms with E-state index in [-0.39, 0.29) is 11.7 Å². The summed E-state index contributed by atoms with van der Waals surface area (Å²) >= 11 is 1.30.